The molecule has 2 aliphatic rings. The average molecular weight is 420 g/mol. The van der Waals surface area contributed by atoms with Crippen molar-refractivity contribution < 1.29 is 29.3 Å². The summed E-state index contributed by atoms with van der Waals surface area (Å²) in [4.78, 5) is 33.9. The number of carbonyl (C=O) groups excluding carboxylic acids is 2. The maximum absolute atomic E-state index is 12.1. The van der Waals surface area contributed by atoms with Crippen LogP contribution < -0.4 is 5.11 Å². The second-order valence-corrected chi connectivity index (χ2v) is 9.53. The molecule has 2 fully saturated rings. The van der Waals surface area contributed by atoms with E-state index in [1.807, 2.05) is 19.9 Å². The van der Waals surface area contributed by atoms with Crippen molar-refractivity contribution in [1.82, 2.24) is 0 Å². The van der Waals surface area contributed by atoms with E-state index in [2.05, 4.69) is 13.5 Å². The molecule has 1 N–H and O–H groups in total. The first-order valence-corrected chi connectivity index (χ1v) is 10.9. The van der Waals surface area contributed by atoms with Gasteiger partial charge < -0.3 is 19.7 Å². The first-order chi connectivity index (χ1) is 14.0. The molecule has 30 heavy (non-hydrogen) atoms. The van der Waals surface area contributed by atoms with Crippen LogP contribution in [0.5, 0.6) is 0 Å². The molecule has 168 valence electrons. The summed E-state index contributed by atoms with van der Waals surface area (Å²) in [5, 5.41) is 20.3. The Hall–Kier alpha value is -2.11. The highest BCUT2D eigenvalue weighted by Gasteiger charge is 2.57. The van der Waals surface area contributed by atoms with E-state index in [9.17, 15) is 24.6 Å². The van der Waals surface area contributed by atoms with Crippen LogP contribution in [-0.2, 0) is 19.1 Å². The fourth-order valence-electron chi connectivity index (χ4n) is 5.77. The average Bonchev–Trinajstić information content (AvgIpc) is 2.65. The van der Waals surface area contributed by atoms with E-state index in [0.717, 1.165) is 50.5 Å². The maximum atomic E-state index is 12.1. The summed E-state index contributed by atoms with van der Waals surface area (Å²) in [5.74, 6) is -2.06. The van der Waals surface area contributed by atoms with Crippen LogP contribution >= 0.6 is 0 Å². The molecule has 0 saturated heterocycles. The van der Waals surface area contributed by atoms with Crippen molar-refractivity contribution >= 4 is 17.9 Å². The molecular formula is C24H35O6-. The number of allylic oxidation sites excluding steroid dienone is 2. The SMILES string of the molecule is C=C1CC[C@@H]2[C@](C)(CCC[C@]2(C)C(=O)O)[C@H]1CCC(C)=CCOC(=O)CCC(=O)[O-]. The number of carboxylic acids is 2. The minimum atomic E-state index is -1.26. The number of hydrogen-bond acceptors (Lipinski definition) is 5. The van der Waals surface area contributed by atoms with Crippen LogP contribution in [-0.4, -0.2) is 29.6 Å². The zero-order valence-electron chi connectivity index (χ0n) is 18.5. The van der Waals surface area contributed by atoms with Crippen molar-refractivity contribution in [2.24, 2.45) is 22.7 Å². The Kier molecular flexibility index (Phi) is 7.89. The summed E-state index contributed by atoms with van der Waals surface area (Å²) in [6.07, 6.45) is 7.54. The van der Waals surface area contributed by atoms with E-state index in [1.54, 1.807) is 0 Å². The molecule has 0 aromatic carbocycles. The molecule has 0 aromatic rings. The first-order valence-electron chi connectivity index (χ1n) is 10.9. The van der Waals surface area contributed by atoms with Crippen LogP contribution in [0.2, 0.25) is 0 Å². The molecule has 0 amide bonds. The third kappa shape index (κ3) is 5.32. The van der Waals surface area contributed by atoms with Gasteiger partial charge in [-0.2, -0.15) is 0 Å². The van der Waals surface area contributed by atoms with Gasteiger partial charge in [0.15, 0.2) is 0 Å². The van der Waals surface area contributed by atoms with E-state index in [-0.39, 0.29) is 36.7 Å². The lowest BCUT2D eigenvalue weighted by Gasteiger charge is -2.57. The van der Waals surface area contributed by atoms with Crippen LogP contribution in [0.1, 0.15) is 78.6 Å². The lowest BCUT2D eigenvalue weighted by molar-refractivity contribution is -0.305. The van der Waals surface area contributed by atoms with E-state index < -0.39 is 23.3 Å². The maximum Gasteiger partial charge on any atom is 0.309 e. The quantitative estimate of drug-likeness (QED) is 0.452. The Morgan fingerprint density at radius 2 is 1.93 bits per heavy atom. The fraction of sp³-hybridized carbons (Fsp3) is 0.708. The Labute approximate surface area is 179 Å². The smallest absolute Gasteiger partial charge is 0.309 e. The van der Waals surface area contributed by atoms with Gasteiger partial charge in [0.1, 0.15) is 6.61 Å². The molecule has 0 spiro atoms. The number of ether oxygens (including phenoxy) is 1. The third-order valence-electron chi connectivity index (χ3n) is 7.54. The Balaban J connectivity index is 1.97. The van der Waals surface area contributed by atoms with E-state index in [4.69, 9.17) is 4.74 Å². The topological polar surface area (TPSA) is 104 Å². The van der Waals surface area contributed by atoms with Gasteiger partial charge in [-0.15, -0.1) is 0 Å². The number of carboxylic acid groups (broad SMARTS) is 2. The highest BCUT2D eigenvalue weighted by molar-refractivity contribution is 5.75. The number of rotatable bonds is 9. The van der Waals surface area contributed by atoms with Gasteiger partial charge in [0.25, 0.3) is 0 Å². The molecular weight excluding hydrogens is 384 g/mol. The molecule has 4 atom stereocenters. The van der Waals surface area contributed by atoms with Gasteiger partial charge in [0.2, 0.25) is 0 Å². The molecule has 0 aliphatic heterocycles. The molecule has 0 aromatic heterocycles. The van der Waals surface area contributed by atoms with Crippen molar-refractivity contribution in [2.45, 2.75) is 78.6 Å². The molecule has 0 heterocycles. The van der Waals surface area contributed by atoms with Crippen molar-refractivity contribution in [3.05, 3.63) is 23.8 Å². The molecule has 2 rings (SSSR count). The number of carbonyl (C=O) groups is 3. The van der Waals surface area contributed by atoms with Crippen LogP contribution in [0.25, 0.3) is 0 Å². The van der Waals surface area contributed by atoms with E-state index in [1.165, 1.54) is 5.57 Å². The predicted octanol–water partition coefficient (Wildman–Crippen LogP) is 3.65. The second-order valence-electron chi connectivity index (χ2n) is 9.53. The molecule has 6 heteroatoms. The Morgan fingerprint density at radius 1 is 1.23 bits per heavy atom. The highest BCUT2D eigenvalue weighted by Crippen LogP contribution is 2.62. The van der Waals surface area contributed by atoms with Gasteiger partial charge in [0, 0.05) is 5.97 Å². The van der Waals surface area contributed by atoms with Gasteiger partial charge in [-0.05, 0) is 82.1 Å². The zero-order valence-corrected chi connectivity index (χ0v) is 18.5. The fourth-order valence-corrected chi connectivity index (χ4v) is 5.77. The van der Waals surface area contributed by atoms with Gasteiger partial charge in [-0.25, -0.2) is 0 Å². The van der Waals surface area contributed by atoms with Crippen LogP contribution in [0.15, 0.2) is 23.8 Å². The minimum absolute atomic E-state index is 0.0572. The normalized spacial score (nSPS) is 31.7. The zero-order chi connectivity index (χ0) is 22.5. The van der Waals surface area contributed by atoms with Crippen LogP contribution in [0.3, 0.4) is 0 Å². The van der Waals surface area contributed by atoms with Crippen LogP contribution in [0, 0.1) is 22.7 Å². The summed E-state index contributed by atoms with van der Waals surface area (Å²) >= 11 is 0. The summed E-state index contributed by atoms with van der Waals surface area (Å²) in [6.45, 7) is 10.6. The Morgan fingerprint density at radius 3 is 2.57 bits per heavy atom. The number of aliphatic carboxylic acids is 2. The predicted molar refractivity (Wildman–Crippen MR) is 111 cm³/mol. The summed E-state index contributed by atoms with van der Waals surface area (Å²) in [5.41, 5.74) is 1.59. The van der Waals surface area contributed by atoms with Crippen molar-refractivity contribution in [3.8, 4) is 0 Å². The van der Waals surface area contributed by atoms with Crippen molar-refractivity contribution in [3.63, 3.8) is 0 Å². The molecule has 2 saturated carbocycles. The number of hydrogen-bond donors (Lipinski definition) is 1. The molecule has 0 unspecified atom stereocenters. The standard InChI is InChI=1S/C24H36O6/c1-16(12-15-30-21(27)11-10-20(25)26)6-8-18-17(2)7-9-19-23(18,3)13-5-14-24(19,4)22(28)29/h12,18-19H,2,5-11,13-15H2,1,3-4H3,(H,25,26)(H,28,29)/p-1/t18-,19+,23+,24-/m0/s1. The van der Waals surface area contributed by atoms with Gasteiger partial charge in [0.05, 0.1) is 11.8 Å². The van der Waals surface area contributed by atoms with Crippen LogP contribution in [0.4, 0.5) is 0 Å². The second kappa shape index (κ2) is 9.80. The summed E-state index contributed by atoms with van der Waals surface area (Å²) < 4.78 is 5.05. The number of fused-ring (bicyclic) bond motifs is 1. The summed E-state index contributed by atoms with van der Waals surface area (Å²) in [7, 11) is 0. The third-order valence-corrected chi connectivity index (χ3v) is 7.54. The highest BCUT2D eigenvalue weighted by atomic mass is 16.5. The number of esters is 1. The summed E-state index contributed by atoms with van der Waals surface area (Å²) in [6, 6.07) is 0. The monoisotopic (exact) mass is 419 g/mol. The minimum Gasteiger partial charge on any atom is -0.550 e. The van der Waals surface area contributed by atoms with Gasteiger partial charge in [-0.1, -0.05) is 31.1 Å². The van der Waals surface area contributed by atoms with Gasteiger partial charge >= 0.3 is 11.9 Å². The lowest BCUT2D eigenvalue weighted by atomic mass is 9.46. The molecule has 2 aliphatic carbocycles. The van der Waals surface area contributed by atoms with E-state index in [0.29, 0.717) is 0 Å². The largest absolute Gasteiger partial charge is 0.550 e. The molecule has 0 radical (unpaired) electrons. The molecule has 6 nitrogen and oxygen atoms in total. The molecule has 0 bridgehead atoms. The van der Waals surface area contributed by atoms with Crippen molar-refractivity contribution in [1.29, 1.82) is 0 Å². The van der Waals surface area contributed by atoms with Crippen molar-refractivity contribution in [2.75, 3.05) is 6.61 Å². The first kappa shape index (κ1) is 24.2. The van der Waals surface area contributed by atoms with Gasteiger partial charge in [-0.3, -0.25) is 9.59 Å². The lowest BCUT2D eigenvalue weighted by Crippen LogP contribution is -2.53. The van der Waals surface area contributed by atoms with E-state index >= 15 is 0 Å². The Bertz CT molecular complexity index is 723.